The lowest BCUT2D eigenvalue weighted by molar-refractivity contribution is 1.07. The molecule has 23 heavy (non-hydrogen) atoms. The van der Waals surface area contributed by atoms with Crippen LogP contribution in [0.1, 0.15) is 12.8 Å². The second kappa shape index (κ2) is 4.78. The maximum absolute atomic E-state index is 4.84. The smallest absolute Gasteiger partial charge is 0.180 e. The molecule has 4 aromatic rings. The third-order valence-corrected chi connectivity index (χ3v) is 4.20. The Morgan fingerprint density at radius 2 is 1.96 bits per heavy atom. The first-order valence-corrected chi connectivity index (χ1v) is 7.83. The Labute approximate surface area is 133 Å². The minimum Gasteiger partial charge on any atom is -0.364 e. The van der Waals surface area contributed by atoms with E-state index in [2.05, 4.69) is 33.5 Å². The summed E-state index contributed by atoms with van der Waals surface area (Å²) in [7, 11) is 0. The number of para-hydroxylation sites is 1. The average Bonchev–Trinajstić information content (AvgIpc) is 3.27. The molecule has 1 aliphatic rings. The minimum absolute atomic E-state index is 0.531. The molecule has 3 heterocycles. The molecule has 0 bridgehead atoms. The maximum atomic E-state index is 4.84. The number of hydrogen-bond donors (Lipinski definition) is 1. The van der Waals surface area contributed by atoms with Crippen molar-refractivity contribution < 1.29 is 0 Å². The first-order chi connectivity index (χ1) is 11.4. The van der Waals surface area contributed by atoms with E-state index in [4.69, 9.17) is 4.98 Å². The Balaban J connectivity index is 1.75. The summed E-state index contributed by atoms with van der Waals surface area (Å²) >= 11 is 0. The topological polar surface area (TPSA) is 55.1 Å². The molecule has 112 valence electrons. The van der Waals surface area contributed by atoms with E-state index in [9.17, 15) is 0 Å². The van der Waals surface area contributed by atoms with Gasteiger partial charge in [-0.1, -0.05) is 24.3 Å². The molecule has 1 N–H and O–H groups in total. The fourth-order valence-corrected chi connectivity index (χ4v) is 2.89. The maximum Gasteiger partial charge on any atom is 0.180 e. The first-order valence-electron chi connectivity index (χ1n) is 7.83. The molecule has 0 atom stereocenters. The van der Waals surface area contributed by atoms with E-state index >= 15 is 0 Å². The molecule has 0 aliphatic heterocycles. The molecule has 1 aromatic carbocycles. The van der Waals surface area contributed by atoms with Crippen molar-refractivity contribution >= 4 is 22.4 Å². The van der Waals surface area contributed by atoms with Gasteiger partial charge in [0.15, 0.2) is 11.5 Å². The zero-order valence-electron chi connectivity index (χ0n) is 12.5. The second-order valence-electron chi connectivity index (χ2n) is 5.93. The SMILES string of the molecule is c1cnc2c(-c3cn4ccnc4c(NC4CC4)n3)cccc2c1. The van der Waals surface area contributed by atoms with Crippen molar-refractivity contribution in [2.75, 3.05) is 5.32 Å². The molecule has 3 aromatic heterocycles. The van der Waals surface area contributed by atoms with Gasteiger partial charge in [-0.3, -0.25) is 4.98 Å². The van der Waals surface area contributed by atoms with Crippen molar-refractivity contribution in [2.45, 2.75) is 18.9 Å². The largest absolute Gasteiger partial charge is 0.364 e. The van der Waals surface area contributed by atoms with Gasteiger partial charge in [-0.15, -0.1) is 0 Å². The molecule has 0 spiro atoms. The number of benzene rings is 1. The number of hydrogen-bond acceptors (Lipinski definition) is 4. The van der Waals surface area contributed by atoms with Gasteiger partial charge >= 0.3 is 0 Å². The van der Waals surface area contributed by atoms with Crippen LogP contribution in [0.5, 0.6) is 0 Å². The van der Waals surface area contributed by atoms with Gasteiger partial charge in [0.05, 0.1) is 11.2 Å². The Kier molecular flexibility index (Phi) is 2.61. The van der Waals surface area contributed by atoms with E-state index in [1.54, 1.807) is 6.20 Å². The molecule has 5 heteroatoms. The Hall–Kier alpha value is -2.95. The quantitative estimate of drug-likeness (QED) is 0.629. The summed E-state index contributed by atoms with van der Waals surface area (Å²) in [5, 5.41) is 4.61. The zero-order chi connectivity index (χ0) is 15.2. The van der Waals surface area contributed by atoms with Gasteiger partial charge in [0.1, 0.15) is 0 Å². The zero-order valence-corrected chi connectivity index (χ0v) is 12.5. The molecular formula is C18H15N5. The lowest BCUT2D eigenvalue weighted by atomic mass is 10.1. The summed E-state index contributed by atoms with van der Waals surface area (Å²) < 4.78 is 2.02. The van der Waals surface area contributed by atoms with Gasteiger partial charge in [0, 0.05) is 41.8 Å². The van der Waals surface area contributed by atoms with E-state index in [1.807, 2.05) is 35.1 Å². The third-order valence-electron chi connectivity index (χ3n) is 4.20. The summed E-state index contributed by atoms with van der Waals surface area (Å²) in [5.41, 5.74) is 3.79. The van der Waals surface area contributed by atoms with E-state index in [0.717, 1.165) is 33.6 Å². The standard InChI is InChI=1S/C18H15N5/c1-3-12-4-2-8-19-16(12)14(5-1)15-11-23-10-9-20-18(23)17(22-15)21-13-6-7-13/h1-5,8-11,13H,6-7H2,(H,21,22). The van der Waals surface area contributed by atoms with Gasteiger partial charge in [-0.05, 0) is 18.9 Å². The van der Waals surface area contributed by atoms with Gasteiger partial charge in [-0.25, -0.2) is 9.97 Å². The number of nitrogens with zero attached hydrogens (tertiary/aromatic N) is 4. The van der Waals surface area contributed by atoms with E-state index in [1.165, 1.54) is 12.8 Å². The lowest BCUT2D eigenvalue weighted by Crippen LogP contribution is -2.06. The van der Waals surface area contributed by atoms with Crippen LogP contribution in [0, 0.1) is 0 Å². The monoisotopic (exact) mass is 301 g/mol. The van der Waals surface area contributed by atoms with Crippen LogP contribution in [-0.2, 0) is 0 Å². The predicted molar refractivity (Wildman–Crippen MR) is 90.4 cm³/mol. The summed E-state index contributed by atoms with van der Waals surface area (Å²) in [6.07, 6.45) is 10.0. The number of fused-ring (bicyclic) bond motifs is 2. The van der Waals surface area contributed by atoms with Crippen LogP contribution in [0.25, 0.3) is 27.8 Å². The molecule has 5 nitrogen and oxygen atoms in total. The van der Waals surface area contributed by atoms with Crippen molar-refractivity contribution in [1.82, 2.24) is 19.4 Å². The highest BCUT2D eigenvalue weighted by molar-refractivity contribution is 5.92. The Bertz CT molecular complexity index is 1010. The van der Waals surface area contributed by atoms with Crippen molar-refractivity contribution in [3.8, 4) is 11.3 Å². The van der Waals surface area contributed by atoms with E-state index < -0.39 is 0 Å². The van der Waals surface area contributed by atoms with Crippen LogP contribution in [0.2, 0.25) is 0 Å². The lowest BCUT2D eigenvalue weighted by Gasteiger charge is -2.10. The third kappa shape index (κ3) is 2.12. The molecule has 0 radical (unpaired) electrons. The van der Waals surface area contributed by atoms with Crippen LogP contribution >= 0.6 is 0 Å². The van der Waals surface area contributed by atoms with Crippen molar-refractivity contribution in [2.24, 2.45) is 0 Å². The van der Waals surface area contributed by atoms with E-state index in [-0.39, 0.29) is 0 Å². The summed E-state index contributed by atoms with van der Waals surface area (Å²) in [4.78, 5) is 13.8. The van der Waals surface area contributed by atoms with Crippen molar-refractivity contribution in [1.29, 1.82) is 0 Å². The van der Waals surface area contributed by atoms with Crippen LogP contribution in [0.4, 0.5) is 5.82 Å². The van der Waals surface area contributed by atoms with Crippen molar-refractivity contribution in [3.05, 3.63) is 55.1 Å². The van der Waals surface area contributed by atoms with Crippen LogP contribution < -0.4 is 5.32 Å². The van der Waals surface area contributed by atoms with Gasteiger partial charge in [-0.2, -0.15) is 0 Å². The first kappa shape index (κ1) is 12.6. The summed E-state index contributed by atoms with van der Waals surface area (Å²) in [6.45, 7) is 0. The van der Waals surface area contributed by atoms with Crippen LogP contribution in [-0.4, -0.2) is 25.4 Å². The second-order valence-corrected chi connectivity index (χ2v) is 5.93. The van der Waals surface area contributed by atoms with Gasteiger partial charge in [0.25, 0.3) is 0 Å². The Morgan fingerprint density at radius 3 is 2.87 bits per heavy atom. The number of aromatic nitrogens is 4. The molecule has 0 amide bonds. The fraction of sp³-hybridized carbons (Fsp3) is 0.167. The van der Waals surface area contributed by atoms with Crippen LogP contribution in [0.15, 0.2) is 55.1 Å². The molecule has 1 saturated carbocycles. The number of nitrogens with one attached hydrogen (secondary N) is 1. The molecule has 0 saturated heterocycles. The van der Waals surface area contributed by atoms with Crippen LogP contribution in [0.3, 0.4) is 0 Å². The number of imidazole rings is 1. The minimum atomic E-state index is 0.531. The highest BCUT2D eigenvalue weighted by atomic mass is 15.1. The highest BCUT2D eigenvalue weighted by Gasteiger charge is 2.23. The molecular weight excluding hydrogens is 286 g/mol. The highest BCUT2D eigenvalue weighted by Crippen LogP contribution is 2.30. The molecule has 5 rings (SSSR count). The molecule has 0 unspecified atom stereocenters. The Morgan fingerprint density at radius 1 is 1.04 bits per heavy atom. The number of anilines is 1. The van der Waals surface area contributed by atoms with Crippen molar-refractivity contribution in [3.63, 3.8) is 0 Å². The average molecular weight is 301 g/mol. The molecule has 1 aliphatic carbocycles. The number of pyridine rings is 1. The van der Waals surface area contributed by atoms with Gasteiger partial charge < -0.3 is 9.72 Å². The number of rotatable bonds is 3. The van der Waals surface area contributed by atoms with E-state index in [0.29, 0.717) is 6.04 Å². The normalized spacial score (nSPS) is 14.4. The summed E-state index contributed by atoms with van der Waals surface area (Å²) in [6, 6.07) is 10.8. The molecule has 1 fully saturated rings. The summed E-state index contributed by atoms with van der Waals surface area (Å²) in [5.74, 6) is 0.850. The fourth-order valence-electron chi connectivity index (χ4n) is 2.89. The van der Waals surface area contributed by atoms with Gasteiger partial charge in [0.2, 0.25) is 0 Å². The predicted octanol–water partition coefficient (Wildman–Crippen LogP) is 3.52.